The molecule has 0 aliphatic heterocycles. The van der Waals surface area contributed by atoms with E-state index in [4.69, 9.17) is 5.73 Å². The number of carbonyl (C=O) groups excluding carboxylic acids is 1. The Morgan fingerprint density at radius 3 is 2.68 bits per heavy atom. The molecule has 4 nitrogen and oxygen atoms in total. The van der Waals surface area contributed by atoms with Gasteiger partial charge in [-0.25, -0.2) is 0 Å². The van der Waals surface area contributed by atoms with E-state index in [0.717, 1.165) is 0 Å². The quantitative estimate of drug-likeness (QED) is 0.908. The van der Waals surface area contributed by atoms with Crippen molar-refractivity contribution in [3.05, 3.63) is 29.8 Å². The van der Waals surface area contributed by atoms with Crippen LogP contribution in [0.5, 0.6) is 5.75 Å². The normalized spacial score (nSPS) is 22.1. The maximum absolute atomic E-state index is 12.4. The van der Waals surface area contributed by atoms with Crippen LogP contribution < -0.4 is 10.5 Å². The van der Waals surface area contributed by atoms with E-state index in [9.17, 15) is 18.0 Å². The van der Waals surface area contributed by atoms with Crippen LogP contribution in [-0.2, 0) is 4.79 Å². The van der Waals surface area contributed by atoms with Gasteiger partial charge in [-0.2, -0.15) is 0 Å². The number of hydrogen-bond acceptors (Lipinski definition) is 3. The van der Waals surface area contributed by atoms with Gasteiger partial charge in [-0.1, -0.05) is 18.2 Å². The molecular weight excluding hydrogens is 297 g/mol. The summed E-state index contributed by atoms with van der Waals surface area (Å²) in [5.41, 5.74) is 5.95. The van der Waals surface area contributed by atoms with Crippen molar-refractivity contribution in [3.63, 3.8) is 0 Å². The SMILES string of the molecule is CC(CN)N(C)C(=O)C1CC1c1ccccc1OC(F)(F)F. The summed E-state index contributed by atoms with van der Waals surface area (Å²) in [6.45, 7) is 2.17. The van der Waals surface area contributed by atoms with Crippen molar-refractivity contribution in [3.8, 4) is 5.75 Å². The van der Waals surface area contributed by atoms with Gasteiger partial charge in [-0.05, 0) is 30.9 Å². The fraction of sp³-hybridized carbons (Fsp3) is 0.533. The molecule has 2 N–H and O–H groups in total. The Hall–Kier alpha value is -1.76. The summed E-state index contributed by atoms with van der Waals surface area (Å²) in [6.07, 6.45) is -4.21. The van der Waals surface area contributed by atoms with Gasteiger partial charge >= 0.3 is 6.36 Å². The Labute approximate surface area is 127 Å². The van der Waals surface area contributed by atoms with Crippen LogP contribution in [0.4, 0.5) is 13.2 Å². The number of halogens is 3. The largest absolute Gasteiger partial charge is 0.573 e. The maximum Gasteiger partial charge on any atom is 0.573 e. The molecule has 0 radical (unpaired) electrons. The lowest BCUT2D eigenvalue weighted by molar-refractivity contribution is -0.274. The highest BCUT2D eigenvalue weighted by Gasteiger charge is 2.47. The first-order valence-corrected chi connectivity index (χ1v) is 7.06. The molecule has 0 bridgehead atoms. The zero-order chi connectivity index (χ0) is 16.5. The van der Waals surface area contributed by atoms with Crippen molar-refractivity contribution in [1.82, 2.24) is 4.90 Å². The number of alkyl halides is 3. The average Bonchev–Trinajstić information content (AvgIpc) is 3.24. The van der Waals surface area contributed by atoms with Crippen LogP contribution in [0.25, 0.3) is 0 Å². The summed E-state index contributed by atoms with van der Waals surface area (Å²) >= 11 is 0. The molecule has 7 heteroatoms. The van der Waals surface area contributed by atoms with Crippen molar-refractivity contribution in [2.24, 2.45) is 11.7 Å². The fourth-order valence-corrected chi connectivity index (χ4v) is 2.45. The predicted octanol–water partition coefficient (Wildman–Crippen LogP) is 2.49. The van der Waals surface area contributed by atoms with Crippen LogP contribution in [0.3, 0.4) is 0 Å². The topological polar surface area (TPSA) is 55.6 Å². The van der Waals surface area contributed by atoms with Gasteiger partial charge < -0.3 is 15.4 Å². The summed E-state index contributed by atoms with van der Waals surface area (Å²) in [5, 5.41) is 0. The third-order valence-electron chi connectivity index (χ3n) is 4.00. The monoisotopic (exact) mass is 316 g/mol. The third kappa shape index (κ3) is 3.71. The maximum atomic E-state index is 12.4. The summed E-state index contributed by atoms with van der Waals surface area (Å²) in [6, 6.07) is 5.87. The Morgan fingerprint density at radius 2 is 2.09 bits per heavy atom. The first-order chi connectivity index (χ1) is 10.2. The Kier molecular flexibility index (Phi) is 4.65. The molecule has 0 aromatic heterocycles. The van der Waals surface area contributed by atoms with Gasteiger partial charge in [0.15, 0.2) is 0 Å². The minimum atomic E-state index is -4.74. The summed E-state index contributed by atoms with van der Waals surface area (Å²) in [5.74, 6) is -0.870. The lowest BCUT2D eigenvalue weighted by Crippen LogP contribution is -2.40. The Balaban J connectivity index is 2.11. The number of likely N-dealkylation sites (N-methyl/N-ethyl adjacent to an activating group) is 1. The van der Waals surface area contributed by atoms with Gasteiger partial charge in [-0.15, -0.1) is 13.2 Å². The van der Waals surface area contributed by atoms with Gasteiger partial charge in [0, 0.05) is 25.6 Å². The van der Waals surface area contributed by atoms with Crippen molar-refractivity contribution in [1.29, 1.82) is 0 Å². The van der Waals surface area contributed by atoms with E-state index in [1.807, 2.05) is 6.92 Å². The van der Waals surface area contributed by atoms with Crippen LogP contribution in [0.2, 0.25) is 0 Å². The minimum absolute atomic E-state index is 0.0928. The predicted molar refractivity (Wildman–Crippen MR) is 75.3 cm³/mol. The van der Waals surface area contributed by atoms with Crippen LogP contribution >= 0.6 is 0 Å². The van der Waals surface area contributed by atoms with Crippen LogP contribution in [0.1, 0.15) is 24.8 Å². The molecule has 0 heterocycles. The zero-order valence-electron chi connectivity index (χ0n) is 12.4. The van der Waals surface area contributed by atoms with Gasteiger partial charge in [0.25, 0.3) is 0 Å². The van der Waals surface area contributed by atoms with Gasteiger partial charge in [0.2, 0.25) is 5.91 Å². The van der Waals surface area contributed by atoms with E-state index in [2.05, 4.69) is 4.74 Å². The van der Waals surface area contributed by atoms with Crippen molar-refractivity contribution >= 4 is 5.91 Å². The number of amides is 1. The van der Waals surface area contributed by atoms with E-state index in [1.54, 1.807) is 24.1 Å². The highest BCUT2D eigenvalue weighted by molar-refractivity contribution is 5.83. The highest BCUT2D eigenvalue weighted by Crippen LogP contribution is 2.51. The number of nitrogens with two attached hydrogens (primary N) is 1. The third-order valence-corrected chi connectivity index (χ3v) is 4.00. The van der Waals surface area contributed by atoms with E-state index in [0.29, 0.717) is 18.5 Å². The van der Waals surface area contributed by atoms with E-state index >= 15 is 0 Å². The Morgan fingerprint density at radius 1 is 1.45 bits per heavy atom. The van der Waals surface area contributed by atoms with Crippen LogP contribution in [-0.4, -0.2) is 36.8 Å². The van der Waals surface area contributed by atoms with Crippen LogP contribution in [0, 0.1) is 5.92 Å². The molecule has 0 spiro atoms. The van der Waals surface area contributed by atoms with E-state index < -0.39 is 6.36 Å². The molecule has 2 rings (SSSR count). The number of hydrogen-bond donors (Lipinski definition) is 1. The average molecular weight is 316 g/mol. The van der Waals surface area contributed by atoms with Gasteiger partial charge in [0.1, 0.15) is 5.75 Å². The second-order valence-electron chi connectivity index (χ2n) is 5.57. The molecule has 1 aromatic carbocycles. The van der Waals surface area contributed by atoms with E-state index in [-0.39, 0.29) is 29.5 Å². The number of carbonyl (C=O) groups is 1. The second-order valence-corrected chi connectivity index (χ2v) is 5.57. The van der Waals surface area contributed by atoms with Gasteiger partial charge in [0.05, 0.1) is 0 Å². The molecule has 0 saturated heterocycles. The first-order valence-electron chi connectivity index (χ1n) is 7.06. The highest BCUT2D eigenvalue weighted by atomic mass is 19.4. The Bertz CT molecular complexity index is 548. The number of ether oxygens (including phenoxy) is 1. The summed E-state index contributed by atoms with van der Waals surface area (Å²) in [7, 11) is 1.66. The summed E-state index contributed by atoms with van der Waals surface area (Å²) < 4.78 is 41.3. The number of rotatable bonds is 5. The minimum Gasteiger partial charge on any atom is -0.405 e. The van der Waals surface area contributed by atoms with Crippen molar-refractivity contribution in [2.75, 3.05) is 13.6 Å². The second kappa shape index (κ2) is 6.16. The molecule has 1 saturated carbocycles. The molecule has 1 aliphatic rings. The smallest absolute Gasteiger partial charge is 0.405 e. The van der Waals surface area contributed by atoms with Crippen molar-refractivity contribution in [2.45, 2.75) is 31.7 Å². The molecule has 122 valence electrons. The number of para-hydroxylation sites is 1. The molecule has 1 fully saturated rings. The number of benzene rings is 1. The van der Waals surface area contributed by atoms with E-state index in [1.165, 1.54) is 12.1 Å². The fourth-order valence-electron chi connectivity index (χ4n) is 2.45. The van der Waals surface area contributed by atoms with Crippen LogP contribution in [0.15, 0.2) is 24.3 Å². The summed E-state index contributed by atoms with van der Waals surface area (Å²) in [4.78, 5) is 13.8. The molecule has 1 aromatic rings. The molecular formula is C15H19F3N2O2. The lowest BCUT2D eigenvalue weighted by Gasteiger charge is -2.24. The first kappa shape index (κ1) is 16.6. The molecule has 3 atom stereocenters. The number of nitrogens with zero attached hydrogens (tertiary/aromatic N) is 1. The molecule has 1 aliphatic carbocycles. The van der Waals surface area contributed by atoms with Gasteiger partial charge in [-0.3, -0.25) is 4.79 Å². The molecule has 1 amide bonds. The van der Waals surface area contributed by atoms with Crippen molar-refractivity contribution < 1.29 is 22.7 Å². The zero-order valence-corrected chi connectivity index (χ0v) is 12.4. The standard InChI is InChI=1S/C15H19F3N2O2/c1-9(8-19)20(2)14(21)12-7-11(12)10-5-3-4-6-13(10)22-15(16,17)18/h3-6,9,11-12H,7-8,19H2,1-2H3. The molecule has 22 heavy (non-hydrogen) atoms. The lowest BCUT2D eigenvalue weighted by atomic mass is 10.1. The molecule has 3 unspecified atom stereocenters.